The first kappa shape index (κ1) is 11.7. The van der Waals surface area contributed by atoms with Crippen LogP contribution in [0, 0.1) is 0 Å². The highest BCUT2D eigenvalue weighted by atomic mass is 32.1. The summed E-state index contributed by atoms with van der Waals surface area (Å²) in [5, 5.41) is 10.9. The molecule has 1 unspecified atom stereocenters. The fourth-order valence-corrected chi connectivity index (χ4v) is 2.41. The molecule has 1 aromatic heterocycles. The van der Waals surface area contributed by atoms with Gasteiger partial charge in [-0.15, -0.1) is 11.3 Å². The molecule has 1 aromatic rings. The van der Waals surface area contributed by atoms with E-state index in [1.807, 2.05) is 22.4 Å². The summed E-state index contributed by atoms with van der Waals surface area (Å²) in [5.41, 5.74) is 0. The molecule has 1 N–H and O–H groups in total. The van der Waals surface area contributed by atoms with Crippen molar-refractivity contribution in [2.24, 2.45) is 0 Å². The van der Waals surface area contributed by atoms with Gasteiger partial charge in [0.05, 0.1) is 30.7 Å². The molecule has 2 heterocycles. The Morgan fingerprint density at radius 2 is 2.56 bits per heavy atom. The largest absolute Gasteiger partial charge is 0.394 e. The molecule has 5 heteroatoms. The Morgan fingerprint density at radius 3 is 3.25 bits per heavy atom. The summed E-state index contributed by atoms with van der Waals surface area (Å²) in [6.07, 6.45) is -0.148. The normalized spacial score (nSPS) is 22.2. The van der Waals surface area contributed by atoms with Gasteiger partial charge in [0.1, 0.15) is 0 Å². The van der Waals surface area contributed by atoms with E-state index >= 15 is 0 Å². The van der Waals surface area contributed by atoms with E-state index in [4.69, 9.17) is 9.84 Å². The predicted molar refractivity (Wildman–Crippen MR) is 61.9 cm³/mol. The molecule has 16 heavy (non-hydrogen) atoms. The fourth-order valence-electron chi connectivity index (χ4n) is 1.75. The zero-order chi connectivity index (χ0) is 11.4. The smallest absolute Gasteiger partial charge is 0.186 e. The van der Waals surface area contributed by atoms with Crippen LogP contribution >= 0.6 is 11.3 Å². The zero-order valence-electron chi connectivity index (χ0n) is 8.96. The Balaban J connectivity index is 1.87. The quantitative estimate of drug-likeness (QED) is 0.785. The molecule has 1 aliphatic heterocycles. The number of rotatable bonds is 4. The molecule has 0 aromatic carbocycles. The Hall–Kier alpha value is -0.750. The molecule has 1 aliphatic rings. The van der Waals surface area contributed by atoms with Crippen molar-refractivity contribution in [2.45, 2.75) is 6.10 Å². The molecule has 0 amide bonds. The molecule has 4 nitrogen and oxygen atoms in total. The van der Waals surface area contributed by atoms with Gasteiger partial charge in [-0.2, -0.15) is 0 Å². The molecule has 88 valence electrons. The van der Waals surface area contributed by atoms with Crippen LogP contribution in [0.5, 0.6) is 0 Å². The first-order chi connectivity index (χ1) is 7.79. The lowest BCUT2D eigenvalue weighted by Gasteiger charge is -2.31. The van der Waals surface area contributed by atoms with Crippen molar-refractivity contribution in [3.8, 4) is 0 Å². The predicted octanol–water partition coefficient (Wildman–Crippen LogP) is 0.624. The summed E-state index contributed by atoms with van der Waals surface area (Å²) in [6, 6.07) is 3.73. The van der Waals surface area contributed by atoms with Crippen LogP contribution in [0.3, 0.4) is 0 Å². The van der Waals surface area contributed by atoms with Gasteiger partial charge in [-0.05, 0) is 11.4 Å². The van der Waals surface area contributed by atoms with Gasteiger partial charge in [0.2, 0.25) is 0 Å². The number of Topliss-reactive ketones (excluding diaryl/α,β-unsaturated/α-hetero) is 1. The van der Waals surface area contributed by atoms with E-state index in [2.05, 4.69) is 0 Å². The molecule has 0 radical (unpaired) electrons. The molecule has 1 atom stereocenters. The van der Waals surface area contributed by atoms with Crippen LogP contribution in [0.15, 0.2) is 17.5 Å². The highest BCUT2D eigenvalue weighted by Crippen LogP contribution is 2.11. The second-order valence-electron chi connectivity index (χ2n) is 3.81. The number of hydrogen-bond acceptors (Lipinski definition) is 5. The minimum atomic E-state index is -0.148. The third-order valence-corrected chi connectivity index (χ3v) is 3.50. The molecular formula is C11H15NO3S. The maximum absolute atomic E-state index is 11.8. The maximum atomic E-state index is 11.8. The lowest BCUT2D eigenvalue weighted by atomic mass is 10.2. The summed E-state index contributed by atoms with van der Waals surface area (Å²) >= 11 is 1.47. The molecule has 0 bridgehead atoms. The summed E-state index contributed by atoms with van der Waals surface area (Å²) < 4.78 is 5.33. The van der Waals surface area contributed by atoms with Gasteiger partial charge in [-0.3, -0.25) is 9.69 Å². The van der Waals surface area contributed by atoms with Gasteiger partial charge in [-0.25, -0.2) is 0 Å². The van der Waals surface area contributed by atoms with E-state index in [0.717, 1.165) is 11.4 Å². The lowest BCUT2D eigenvalue weighted by molar-refractivity contribution is -0.0503. The number of aliphatic hydroxyl groups is 1. The molecule has 0 aliphatic carbocycles. The summed E-state index contributed by atoms with van der Waals surface area (Å²) in [6.45, 7) is 2.41. The molecule has 2 rings (SSSR count). The van der Waals surface area contributed by atoms with Crippen LogP contribution in [0.25, 0.3) is 0 Å². The third-order valence-electron chi connectivity index (χ3n) is 2.59. The standard InChI is InChI=1S/C11H15NO3S/c13-8-9-6-12(3-4-15-9)7-10(14)11-2-1-5-16-11/h1-2,5,9,13H,3-4,6-8H2. The minimum absolute atomic E-state index is 0.0176. The number of ether oxygens (including phenoxy) is 1. The first-order valence-corrected chi connectivity index (χ1v) is 6.19. The van der Waals surface area contributed by atoms with Crippen LogP contribution in [0.4, 0.5) is 0 Å². The highest BCUT2D eigenvalue weighted by Gasteiger charge is 2.22. The van der Waals surface area contributed by atoms with E-state index < -0.39 is 0 Å². The number of ketones is 1. The van der Waals surface area contributed by atoms with Crippen molar-refractivity contribution in [1.82, 2.24) is 4.90 Å². The van der Waals surface area contributed by atoms with E-state index in [1.165, 1.54) is 11.3 Å². The van der Waals surface area contributed by atoms with E-state index in [-0.39, 0.29) is 18.5 Å². The van der Waals surface area contributed by atoms with Gasteiger partial charge in [0.15, 0.2) is 5.78 Å². The molecular weight excluding hydrogens is 226 g/mol. The van der Waals surface area contributed by atoms with Crippen molar-refractivity contribution in [3.05, 3.63) is 22.4 Å². The van der Waals surface area contributed by atoms with Gasteiger partial charge in [0, 0.05) is 13.1 Å². The van der Waals surface area contributed by atoms with Crippen molar-refractivity contribution in [2.75, 3.05) is 32.8 Å². The van der Waals surface area contributed by atoms with Crippen LogP contribution in [-0.4, -0.2) is 54.7 Å². The maximum Gasteiger partial charge on any atom is 0.186 e. The van der Waals surface area contributed by atoms with Gasteiger partial charge in [0.25, 0.3) is 0 Å². The average Bonchev–Trinajstić information content (AvgIpc) is 2.83. The fraction of sp³-hybridized carbons (Fsp3) is 0.545. The Morgan fingerprint density at radius 1 is 1.69 bits per heavy atom. The van der Waals surface area contributed by atoms with Crippen LogP contribution in [-0.2, 0) is 4.74 Å². The van der Waals surface area contributed by atoms with Crippen LogP contribution in [0.1, 0.15) is 9.67 Å². The Labute approximate surface area is 98.4 Å². The minimum Gasteiger partial charge on any atom is -0.394 e. The SMILES string of the molecule is O=C(CN1CCOC(CO)C1)c1cccs1. The number of carbonyl (C=O) groups excluding carboxylic acids is 1. The zero-order valence-corrected chi connectivity index (χ0v) is 9.78. The van der Waals surface area contributed by atoms with Gasteiger partial charge < -0.3 is 9.84 Å². The van der Waals surface area contributed by atoms with Crippen molar-refractivity contribution in [3.63, 3.8) is 0 Å². The van der Waals surface area contributed by atoms with Gasteiger partial charge in [-0.1, -0.05) is 6.07 Å². The number of aliphatic hydroxyl groups excluding tert-OH is 1. The molecule has 0 saturated carbocycles. The summed E-state index contributed by atoms with van der Waals surface area (Å²) in [4.78, 5) is 14.7. The second-order valence-corrected chi connectivity index (χ2v) is 4.76. The van der Waals surface area contributed by atoms with E-state index in [1.54, 1.807) is 0 Å². The Kier molecular flexibility index (Phi) is 4.06. The monoisotopic (exact) mass is 241 g/mol. The van der Waals surface area contributed by atoms with Crippen LogP contribution < -0.4 is 0 Å². The number of carbonyl (C=O) groups is 1. The van der Waals surface area contributed by atoms with E-state index in [0.29, 0.717) is 19.7 Å². The second kappa shape index (κ2) is 5.54. The topological polar surface area (TPSA) is 49.8 Å². The Bertz CT molecular complexity index is 339. The summed E-state index contributed by atoms with van der Waals surface area (Å²) in [7, 11) is 0. The summed E-state index contributed by atoms with van der Waals surface area (Å²) in [5.74, 6) is 0.147. The molecule has 1 fully saturated rings. The number of hydrogen-bond donors (Lipinski definition) is 1. The van der Waals surface area contributed by atoms with Crippen molar-refractivity contribution >= 4 is 17.1 Å². The lowest BCUT2D eigenvalue weighted by Crippen LogP contribution is -2.45. The molecule has 0 spiro atoms. The van der Waals surface area contributed by atoms with E-state index in [9.17, 15) is 4.79 Å². The van der Waals surface area contributed by atoms with Crippen molar-refractivity contribution < 1.29 is 14.6 Å². The first-order valence-electron chi connectivity index (χ1n) is 5.31. The number of nitrogens with zero attached hydrogens (tertiary/aromatic N) is 1. The average molecular weight is 241 g/mol. The highest BCUT2D eigenvalue weighted by molar-refractivity contribution is 7.12. The molecule has 1 saturated heterocycles. The van der Waals surface area contributed by atoms with Crippen LogP contribution in [0.2, 0.25) is 0 Å². The van der Waals surface area contributed by atoms with Crippen molar-refractivity contribution in [1.29, 1.82) is 0 Å². The number of morpholine rings is 1. The third kappa shape index (κ3) is 2.89. The van der Waals surface area contributed by atoms with Gasteiger partial charge >= 0.3 is 0 Å². The number of thiophene rings is 1.